The van der Waals surface area contributed by atoms with Crippen LogP contribution in [0.1, 0.15) is 0 Å². The number of fused-ring (bicyclic) bond motifs is 1. The number of furan rings is 1. The highest BCUT2D eigenvalue weighted by atomic mass is 16.4. The van der Waals surface area contributed by atoms with Crippen molar-refractivity contribution in [3.8, 4) is 0 Å². The van der Waals surface area contributed by atoms with E-state index in [0.717, 1.165) is 5.52 Å². The Hall–Kier alpha value is -1.69. The highest BCUT2D eigenvalue weighted by molar-refractivity contribution is 5.75. The van der Waals surface area contributed by atoms with E-state index in [0.29, 0.717) is 24.1 Å². The maximum atomic E-state index is 8.55. The number of aromatic nitrogens is 2. The molecule has 13 heavy (non-hydrogen) atoms. The fraction of sp³-hybridized carbons (Fsp3) is 0.286. The zero-order valence-corrected chi connectivity index (χ0v) is 6.87. The van der Waals surface area contributed by atoms with E-state index in [-0.39, 0.29) is 6.61 Å². The Morgan fingerprint density at radius 3 is 3.23 bits per heavy atom. The van der Waals surface area contributed by atoms with Gasteiger partial charge in [-0.05, 0) is 0 Å². The van der Waals surface area contributed by atoms with Crippen LogP contribution in [0.15, 0.2) is 10.5 Å². The van der Waals surface area contributed by atoms with Crippen LogP contribution in [0.2, 0.25) is 0 Å². The molecule has 0 unspecified atom stereocenters. The average Bonchev–Trinajstić information content (AvgIpc) is 2.57. The number of nitrogens with two attached hydrogens (primary N) is 1. The molecule has 0 saturated heterocycles. The molecule has 0 aliphatic rings. The number of nitrogens with one attached hydrogen (secondary N) is 2. The molecule has 0 aromatic carbocycles. The monoisotopic (exact) mass is 182 g/mol. The van der Waals surface area contributed by atoms with Gasteiger partial charge in [-0.2, -0.15) is 4.98 Å². The van der Waals surface area contributed by atoms with E-state index in [2.05, 4.69) is 15.3 Å². The quantitative estimate of drug-likeness (QED) is 0.541. The number of aliphatic hydroxyl groups is 1. The number of hydrogen-bond donors (Lipinski definition) is 4. The summed E-state index contributed by atoms with van der Waals surface area (Å²) < 4.78 is 5.25. The van der Waals surface area contributed by atoms with Crippen LogP contribution in [-0.4, -0.2) is 28.2 Å². The summed E-state index contributed by atoms with van der Waals surface area (Å²) in [6, 6.07) is 1.74. The minimum absolute atomic E-state index is 0.0597. The fourth-order valence-corrected chi connectivity index (χ4v) is 1.10. The topological polar surface area (TPSA) is 100 Å². The summed E-state index contributed by atoms with van der Waals surface area (Å²) in [5.74, 6) is 0.908. The zero-order valence-electron chi connectivity index (χ0n) is 6.87. The smallest absolute Gasteiger partial charge is 0.248 e. The first-order valence-corrected chi connectivity index (χ1v) is 3.89. The lowest BCUT2D eigenvalue weighted by atomic mass is 10.5. The molecule has 0 bridgehead atoms. The van der Waals surface area contributed by atoms with Crippen LogP contribution < -0.4 is 11.1 Å². The van der Waals surface area contributed by atoms with Gasteiger partial charge in [0, 0.05) is 12.6 Å². The number of anilines is 2. The average molecular weight is 182 g/mol. The summed E-state index contributed by atoms with van der Waals surface area (Å²) >= 11 is 0. The van der Waals surface area contributed by atoms with E-state index >= 15 is 0 Å². The van der Waals surface area contributed by atoms with E-state index in [1.54, 1.807) is 6.07 Å². The van der Waals surface area contributed by atoms with Gasteiger partial charge in [0.2, 0.25) is 11.7 Å². The Kier molecular flexibility index (Phi) is 1.82. The van der Waals surface area contributed by atoms with Crippen molar-refractivity contribution < 1.29 is 9.52 Å². The summed E-state index contributed by atoms with van der Waals surface area (Å²) in [5.41, 5.74) is 6.62. The van der Waals surface area contributed by atoms with Gasteiger partial charge < -0.3 is 25.6 Å². The largest absolute Gasteiger partial charge is 0.421 e. The van der Waals surface area contributed by atoms with Crippen LogP contribution in [-0.2, 0) is 0 Å². The summed E-state index contributed by atoms with van der Waals surface area (Å²) in [5, 5.41) is 11.4. The van der Waals surface area contributed by atoms with Crippen molar-refractivity contribution in [2.24, 2.45) is 0 Å². The molecule has 0 saturated carbocycles. The summed E-state index contributed by atoms with van der Waals surface area (Å²) in [6.07, 6.45) is 0. The standard InChI is InChI=1S/C7H10N4O2/c8-7-10-4-3-5(9-1-2-12)13-6(4)11-7/h3,9,12H,1-2H2,(H3,8,10,11). The summed E-state index contributed by atoms with van der Waals surface area (Å²) in [6.45, 7) is 0.510. The number of nitrogens with zero attached hydrogens (tertiary/aromatic N) is 1. The third-order valence-electron chi connectivity index (χ3n) is 1.61. The van der Waals surface area contributed by atoms with Crippen molar-refractivity contribution in [1.82, 2.24) is 9.97 Å². The van der Waals surface area contributed by atoms with Crippen molar-refractivity contribution in [3.63, 3.8) is 0 Å². The maximum absolute atomic E-state index is 8.55. The van der Waals surface area contributed by atoms with E-state index in [1.165, 1.54) is 0 Å². The Labute approximate surface area is 73.8 Å². The molecular formula is C7H10N4O2. The van der Waals surface area contributed by atoms with E-state index in [1.807, 2.05) is 0 Å². The van der Waals surface area contributed by atoms with Crippen LogP contribution in [0.25, 0.3) is 11.2 Å². The first-order chi connectivity index (χ1) is 6.29. The van der Waals surface area contributed by atoms with Crippen LogP contribution in [0.4, 0.5) is 11.8 Å². The van der Waals surface area contributed by atoms with Gasteiger partial charge in [-0.1, -0.05) is 0 Å². The second kappa shape index (κ2) is 2.98. The van der Waals surface area contributed by atoms with Gasteiger partial charge in [0.25, 0.3) is 0 Å². The SMILES string of the molecule is Nc1nc2oc(NCCO)cc2[nH]1. The van der Waals surface area contributed by atoms with Crippen LogP contribution in [0.3, 0.4) is 0 Å². The van der Waals surface area contributed by atoms with Crippen molar-refractivity contribution in [2.75, 3.05) is 24.2 Å². The van der Waals surface area contributed by atoms with Gasteiger partial charge >= 0.3 is 0 Å². The van der Waals surface area contributed by atoms with E-state index in [9.17, 15) is 0 Å². The number of hydrogen-bond acceptors (Lipinski definition) is 5. The van der Waals surface area contributed by atoms with Gasteiger partial charge in [0.05, 0.1) is 6.61 Å². The van der Waals surface area contributed by atoms with Gasteiger partial charge in [0.15, 0.2) is 5.88 Å². The first kappa shape index (κ1) is 7.93. The lowest BCUT2D eigenvalue weighted by Gasteiger charge is -1.96. The minimum Gasteiger partial charge on any atom is -0.421 e. The first-order valence-electron chi connectivity index (χ1n) is 3.89. The number of aliphatic hydroxyl groups excluding tert-OH is 1. The molecule has 5 N–H and O–H groups in total. The normalized spacial score (nSPS) is 10.8. The second-order valence-corrected chi connectivity index (χ2v) is 2.60. The van der Waals surface area contributed by atoms with Crippen molar-refractivity contribution in [3.05, 3.63) is 6.07 Å². The molecule has 2 aromatic rings. The highest BCUT2D eigenvalue weighted by Gasteiger charge is 2.06. The van der Waals surface area contributed by atoms with Gasteiger partial charge in [-0.3, -0.25) is 0 Å². The number of nitrogen functional groups attached to an aromatic ring is 1. The molecule has 6 nitrogen and oxygen atoms in total. The lowest BCUT2D eigenvalue weighted by Crippen LogP contribution is -2.04. The molecule has 6 heteroatoms. The third-order valence-corrected chi connectivity index (χ3v) is 1.61. The Morgan fingerprint density at radius 1 is 1.69 bits per heavy atom. The second-order valence-electron chi connectivity index (χ2n) is 2.60. The Morgan fingerprint density at radius 2 is 2.54 bits per heavy atom. The predicted octanol–water partition coefficient (Wildman–Crippen LogP) is 0.142. The molecule has 0 spiro atoms. The van der Waals surface area contributed by atoms with Crippen LogP contribution >= 0.6 is 0 Å². The van der Waals surface area contributed by atoms with Gasteiger partial charge in [-0.15, -0.1) is 0 Å². The molecule has 0 fully saturated rings. The number of aromatic amines is 1. The molecule has 0 aliphatic heterocycles. The van der Waals surface area contributed by atoms with Crippen molar-refractivity contribution in [1.29, 1.82) is 0 Å². The van der Waals surface area contributed by atoms with E-state index < -0.39 is 0 Å². The highest BCUT2D eigenvalue weighted by Crippen LogP contribution is 2.20. The summed E-state index contributed by atoms with van der Waals surface area (Å²) in [4.78, 5) is 6.72. The molecule has 0 amide bonds. The molecule has 0 atom stereocenters. The van der Waals surface area contributed by atoms with Crippen molar-refractivity contribution >= 4 is 23.1 Å². The summed E-state index contributed by atoms with van der Waals surface area (Å²) in [7, 11) is 0. The lowest BCUT2D eigenvalue weighted by molar-refractivity contribution is 0.310. The number of imidazole rings is 1. The molecule has 0 aliphatic carbocycles. The van der Waals surface area contributed by atoms with E-state index in [4.69, 9.17) is 15.3 Å². The zero-order chi connectivity index (χ0) is 9.26. The fourth-order valence-electron chi connectivity index (χ4n) is 1.10. The Balaban J connectivity index is 2.24. The molecule has 2 heterocycles. The maximum Gasteiger partial charge on any atom is 0.248 e. The van der Waals surface area contributed by atoms with Gasteiger partial charge in [-0.25, -0.2) is 0 Å². The number of rotatable bonds is 3. The van der Waals surface area contributed by atoms with Crippen LogP contribution in [0.5, 0.6) is 0 Å². The van der Waals surface area contributed by atoms with Crippen molar-refractivity contribution in [2.45, 2.75) is 0 Å². The molecule has 0 radical (unpaired) electrons. The Bertz CT molecular complexity index is 374. The third kappa shape index (κ3) is 1.43. The predicted molar refractivity (Wildman–Crippen MR) is 48.3 cm³/mol. The minimum atomic E-state index is 0.0597. The van der Waals surface area contributed by atoms with Gasteiger partial charge in [0.1, 0.15) is 5.52 Å². The van der Waals surface area contributed by atoms with Crippen LogP contribution in [0, 0.1) is 0 Å². The molecule has 2 aromatic heterocycles. The molecule has 2 rings (SSSR count). The number of H-pyrrole nitrogens is 1. The molecule has 70 valence electrons. The molecular weight excluding hydrogens is 172 g/mol.